The number of aromatic nitrogens is 3. The van der Waals surface area contributed by atoms with Crippen LogP contribution in [0.4, 0.5) is 4.39 Å². The van der Waals surface area contributed by atoms with E-state index in [4.69, 9.17) is 4.18 Å². The molecule has 0 bridgehead atoms. The fourth-order valence-corrected chi connectivity index (χ4v) is 8.26. The third kappa shape index (κ3) is 6.05. The van der Waals surface area contributed by atoms with E-state index < -0.39 is 26.0 Å². The molecule has 248 valence electrons. The highest BCUT2D eigenvalue weighted by molar-refractivity contribution is 7.90. The maximum Gasteiger partial charge on any atom is 0.296 e. The van der Waals surface area contributed by atoms with Crippen molar-refractivity contribution < 1.29 is 25.4 Å². The van der Waals surface area contributed by atoms with Gasteiger partial charge in [0.1, 0.15) is 0 Å². The van der Waals surface area contributed by atoms with E-state index in [0.717, 1.165) is 31.9 Å². The van der Waals surface area contributed by atoms with E-state index in [-0.39, 0.29) is 27.3 Å². The monoisotopic (exact) mass is 693 g/mol. The highest BCUT2D eigenvalue weighted by Crippen LogP contribution is 2.39. The van der Waals surface area contributed by atoms with Crippen LogP contribution in [0.1, 0.15) is 22.3 Å². The Kier molecular flexibility index (Phi) is 8.43. The van der Waals surface area contributed by atoms with E-state index in [9.17, 15) is 16.8 Å². The first-order valence-electron chi connectivity index (χ1n) is 15.6. The van der Waals surface area contributed by atoms with Gasteiger partial charge >= 0.3 is 0 Å². The minimum absolute atomic E-state index is 0.00981. The van der Waals surface area contributed by atoms with Gasteiger partial charge in [-0.05, 0) is 73.4 Å². The molecule has 0 saturated heterocycles. The molecular weight excluding hydrogens is 662 g/mol. The summed E-state index contributed by atoms with van der Waals surface area (Å²) in [5, 5.41) is 4.90. The molecule has 0 aliphatic rings. The predicted molar refractivity (Wildman–Crippen MR) is 188 cm³/mol. The molecule has 0 radical (unpaired) electrons. The summed E-state index contributed by atoms with van der Waals surface area (Å²) in [5.41, 5.74) is 5.61. The van der Waals surface area contributed by atoms with Crippen molar-refractivity contribution in [3.8, 4) is 11.3 Å². The third-order valence-corrected chi connectivity index (χ3v) is 11.6. The minimum atomic E-state index is -4.02. The van der Waals surface area contributed by atoms with Crippen molar-refractivity contribution in [3.05, 3.63) is 150 Å². The summed E-state index contributed by atoms with van der Waals surface area (Å²) >= 11 is 0. The molecule has 0 aliphatic heterocycles. The van der Waals surface area contributed by atoms with Crippen LogP contribution in [-0.4, -0.2) is 37.2 Å². The second-order valence-electron chi connectivity index (χ2n) is 11.9. The molecule has 2 heterocycles. The van der Waals surface area contributed by atoms with Crippen molar-refractivity contribution in [2.75, 3.05) is 6.61 Å². The van der Waals surface area contributed by atoms with E-state index in [2.05, 4.69) is 5.10 Å². The molecule has 0 unspecified atom stereocenters. The molecule has 0 amide bonds. The average molecular weight is 694 g/mol. The standard InChI is InChI=1S/C38H32FN3O5S2/c1-26-12-18-31(19-13-26)49(45,46)47-23-22-28-14-16-29(17-15-28)25-41-35-21-20-34-33(24-40-42(34)48(43,44)30-9-4-3-5-10-30)36(35)37(39)38(41)32-11-7-6-8-27(32)2/h3-21,24H,22-23,25H2,1-2H3. The zero-order chi connectivity index (χ0) is 34.3. The zero-order valence-electron chi connectivity index (χ0n) is 26.7. The van der Waals surface area contributed by atoms with E-state index in [1.165, 1.54) is 30.5 Å². The number of halogens is 1. The first-order valence-corrected chi connectivity index (χ1v) is 18.5. The Balaban J connectivity index is 1.22. The van der Waals surface area contributed by atoms with Crippen molar-refractivity contribution >= 4 is 41.9 Å². The molecule has 2 aromatic heterocycles. The van der Waals surface area contributed by atoms with E-state index in [1.54, 1.807) is 42.5 Å². The summed E-state index contributed by atoms with van der Waals surface area (Å²) in [7, 11) is -7.88. The number of benzene rings is 5. The summed E-state index contributed by atoms with van der Waals surface area (Å²) in [6, 6.07) is 33.2. The Morgan fingerprint density at radius 1 is 0.714 bits per heavy atom. The number of rotatable bonds is 10. The fraction of sp³-hybridized carbons (Fsp3) is 0.132. The molecule has 7 rings (SSSR count). The number of fused-ring (bicyclic) bond motifs is 3. The fourth-order valence-electron chi connectivity index (χ4n) is 6.07. The lowest BCUT2D eigenvalue weighted by Gasteiger charge is -2.14. The van der Waals surface area contributed by atoms with Gasteiger partial charge in [-0.1, -0.05) is 84.4 Å². The van der Waals surface area contributed by atoms with Crippen molar-refractivity contribution in [2.24, 2.45) is 0 Å². The van der Waals surface area contributed by atoms with Gasteiger partial charge in [0.15, 0.2) is 5.82 Å². The van der Waals surface area contributed by atoms with Crippen LogP contribution in [-0.2, 0) is 37.3 Å². The molecule has 49 heavy (non-hydrogen) atoms. The second-order valence-corrected chi connectivity index (χ2v) is 15.3. The maximum absolute atomic E-state index is 16.8. The molecule has 0 saturated carbocycles. The van der Waals surface area contributed by atoms with E-state index in [1.807, 2.05) is 66.9 Å². The number of nitrogens with zero attached hydrogens (tertiary/aromatic N) is 3. The van der Waals surface area contributed by atoms with Gasteiger partial charge in [-0.3, -0.25) is 4.18 Å². The first kappa shape index (κ1) is 32.4. The van der Waals surface area contributed by atoms with Crippen LogP contribution in [0.2, 0.25) is 0 Å². The number of hydrogen-bond donors (Lipinski definition) is 0. The van der Waals surface area contributed by atoms with Gasteiger partial charge in [0.05, 0.1) is 39.3 Å². The summed E-state index contributed by atoms with van der Waals surface area (Å²) in [5.74, 6) is -0.463. The normalized spacial score (nSPS) is 12.2. The molecule has 0 spiro atoms. The molecule has 11 heteroatoms. The van der Waals surface area contributed by atoms with Crippen LogP contribution >= 0.6 is 0 Å². The molecule has 0 fully saturated rings. The highest BCUT2D eigenvalue weighted by atomic mass is 32.2. The van der Waals surface area contributed by atoms with Gasteiger partial charge in [0.2, 0.25) is 0 Å². The summed E-state index contributed by atoms with van der Waals surface area (Å²) in [6.45, 7) is 4.12. The van der Waals surface area contributed by atoms with Crippen molar-refractivity contribution in [1.29, 1.82) is 0 Å². The molecule has 5 aromatic carbocycles. The molecule has 0 N–H and O–H groups in total. The Hall–Kier alpha value is -5.10. The third-order valence-electron chi connectivity index (χ3n) is 8.66. The predicted octanol–water partition coefficient (Wildman–Crippen LogP) is 7.65. The number of hydrogen-bond acceptors (Lipinski definition) is 6. The van der Waals surface area contributed by atoms with Crippen LogP contribution < -0.4 is 0 Å². The Morgan fingerprint density at radius 3 is 2.08 bits per heavy atom. The quantitative estimate of drug-likeness (QED) is 0.137. The van der Waals surface area contributed by atoms with Crippen LogP contribution in [0.25, 0.3) is 33.1 Å². The molecule has 0 aliphatic carbocycles. The van der Waals surface area contributed by atoms with Crippen LogP contribution in [0, 0.1) is 19.7 Å². The van der Waals surface area contributed by atoms with Crippen LogP contribution in [0.3, 0.4) is 0 Å². The van der Waals surface area contributed by atoms with Gasteiger partial charge in [-0.25, -0.2) is 4.39 Å². The highest BCUT2D eigenvalue weighted by Gasteiger charge is 2.26. The lowest BCUT2D eigenvalue weighted by molar-refractivity contribution is 0.322. The maximum atomic E-state index is 16.8. The van der Waals surface area contributed by atoms with Gasteiger partial charge in [-0.15, -0.1) is 0 Å². The van der Waals surface area contributed by atoms with Crippen LogP contribution in [0.15, 0.2) is 131 Å². The number of aryl methyl sites for hydroxylation is 2. The van der Waals surface area contributed by atoms with Crippen molar-refractivity contribution in [1.82, 2.24) is 13.8 Å². The molecule has 0 atom stereocenters. The van der Waals surface area contributed by atoms with Gasteiger partial charge < -0.3 is 4.57 Å². The smallest absolute Gasteiger partial charge is 0.296 e. The second kappa shape index (κ2) is 12.7. The Morgan fingerprint density at radius 2 is 1.37 bits per heavy atom. The largest absolute Gasteiger partial charge is 0.333 e. The first-order chi connectivity index (χ1) is 23.5. The molecular formula is C38H32FN3O5S2. The topological polar surface area (TPSA) is 100 Å². The zero-order valence-corrected chi connectivity index (χ0v) is 28.4. The van der Waals surface area contributed by atoms with Crippen LogP contribution in [0.5, 0.6) is 0 Å². The SMILES string of the molecule is Cc1ccc(S(=O)(=O)OCCc2ccc(Cn3c(-c4ccccc4C)c(F)c4c5cnn(S(=O)(=O)c6ccccc6)c5ccc43)cc2)cc1. The molecule has 7 aromatic rings. The minimum Gasteiger partial charge on any atom is -0.333 e. The Bertz CT molecular complexity index is 2540. The lowest BCUT2D eigenvalue weighted by Crippen LogP contribution is -2.14. The van der Waals surface area contributed by atoms with Crippen molar-refractivity contribution in [3.63, 3.8) is 0 Å². The molecule has 8 nitrogen and oxygen atoms in total. The summed E-state index contributed by atoms with van der Waals surface area (Å²) in [4.78, 5) is 0.202. The van der Waals surface area contributed by atoms with E-state index >= 15 is 4.39 Å². The van der Waals surface area contributed by atoms with Gasteiger partial charge in [-0.2, -0.15) is 26.0 Å². The Labute approximate surface area is 284 Å². The van der Waals surface area contributed by atoms with Gasteiger partial charge in [0.25, 0.3) is 20.1 Å². The van der Waals surface area contributed by atoms with Crippen molar-refractivity contribution in [2.45, 2.75) is 36.6 Å². The summed E-state index contributed by atoms with van der Waals surface area (Å²) < 4.78 is 77.1. The summed E-state index contributed by atoms with van der Waals surface area (Å²) in [6.07, 6.45) is 1.79. The van der Waals surface area contributed by atoms with Gasteiger partial charge in [0, 0.05) is 22.9 Å². The lowest BCUT2D eigenvalue weighted by atomic mass is 10.0. The van der Waals surface area contributed by atoms with E-state index in [0.29, 0.717) is 29.6 Å². The average Bonchev–Trinajstić information content (AvgIpc) is 3.65.